The van der Waals surface area contributed by atoms with Crippen molar-refractivity contribution in [3.63, 3.8) is 0 Å². The molecule has 0 bridgehead atoms. The smallest absolute Gasteiger partial charge is 0.323 e. The first-order valence-electron chi connectivity index (χ1n) is 11.1. The maximum Gasteiger partial charge on any atom is 0.323 e. The van der Waals surface area contributed by atoms with E-state index >= 15 is 0 Å². The van der Waals surface area contributed by atoms with Crippen LogP contribution >= 0.6 is 0 Å². The fourth-order valence-electron chi connectivity index (χ4n) is 2.41. The second kappa shape index (κ2) is 11.5. The Balaban J connectivity index is 3.07. The monoisotopic (exact) mass is 479 g/mol. The van der Waals surface area contributed by atoms with Crippen LogP contribution in [-0.2, 0) is 35.1 Å². The average Bonchev–Trinajstić information content (AvgIpc) is 2.67. The minimum absolute atomic E-state index is 0.0486. The molecule has 0 unspecified atom stereocenters. The maximum absolute atomic E-state index is 12.5. The van der Waals surface area contributed by atoms with Crippen LogP contribution in [0.1, 0.15) is 67.9 Å². The fourth-order valence-corrected chi connectivity index (χ4v) is 2.41. The quantitative estimate of drug-likeness (QED) is 0.440. The van der Waals surface area contributed by atoms with Crippen LogP contribution in [0.25, 0.3) is 0 Å². The summed E-state index contributed by atoms with van der Waals surface area (Å²) >= 11 is 0. The van der Waals surface area contributed by atoms with Gasteiger partial charge in [0.2, 0.25) is 0 Å². The van der Waals surface area contributed by atoms with Gasteiger partial charge in [-0.1, -0.05) is 6.07 Å². The summed E-state index contributed by atoms with van der Waals surface area (Å²) in [4.78, 5) is 48.4. The van der Waals surface area contributed by atoms with Crippen molar-refractivity contribution in [1.29, 1.82) is 0 Å². The van der Waals surface area contributed by atoms with Gasteiger partial charge in [0.1, 0.15) is 18.2 Å². The molecule has 1 aromatic carbocycles. The molecule has 34 heavy (non-hydrogen) atoms. The van der Waals surface area contributed by atoms with Gasteiger partial charge in [0.25, 0.3) is 0 Å². The number of carbonyl (C=O) groups is 4. The Kier molecular flexibility index (Phi) is 9.81. The minimum Gasteiger partial charge on any atom is -0.459 e. The molecule has 0 radical (unpaired) electrons. The Hall–Kier alpha value is -2.94. The number of hydrogen-bond donors (Lipinski definition) is 1. The van der Waals surface area contributed by atoms with Crippen LogP contribution in [0.2, 0.25) is 0 Å². The van der Waals surface area contributed by atoms with Gasteiger partial charge in [0.05, 0.1) is 10.8 Å². The van der Waals surface area contributed by atoms with Gasteiger partial charge >= 0.3 is 23.9 Å². The second-order valence-corrected chi connectivity index (χ2v) is 10.3. The van der Waals surface area contributed by atoms with Crippen LogP contribution in [-0.4, -0.2) is 42.1 Å². The van der Waals surface area contributed by atoms with Crippen LogP contribution in [0, 0.1) is 10.8 Å². The summed E-state index contributed by atoms with van der Waals surface area (Å²) < 4.78 is 21.3. The van der Waals surface area contributed by atoms with E-state index in [1.165, 1.54) is 19.1 Å². The van der Waals surface area contributed by atoms with Crippen LogP contribution in [0.5, 0.6) is 11.5 Å². The van der Waals surface area contributed by atoms with Gasteiger partial charge < -0.3 is 24.7 Å². The predicted octanol–water partition coefficient (Wildman–Crippen LogP) is 3.34. The molecule has 0 aliphatic rings. The Morgan fingerprint density at radius 1 is 0.824 bits per heavy atom. The van der Waals surface area contributed by atoms with Crippen molar-refractivity contribution in [2.24, 2.45) is 16.6 Å². The van der Waals surface area contributed by atoms with E-state index in [-0.39, 0.29) is 17.9 Å². The molecule has 3 atom stereocenters. The molecule has 0 heterocycles. The molecule has 0 amide bonds. The largest absolute Gasteiger partial charge is 0.459 e. The number of ether oxygens (including phenoxy) is 4. The summed E-state index contributed by atoms with van der Waals surface area (Å²) in [6, 6.07) is 3.60. The highest BCUT2D eigenvalue weighted by Crippen LogP contribution is 2.33. The predicted molar refractivity (Wildman–Crippen MR) is 125 cm³/mol. The minimum atomic E-state index is -1.03. The second-order valence-electron chi connectivity index (χ2n) is 10.3. The Labute approximate surface area is 201 Å². The lowest BCUT2D eigenvalue weighted by molar-refractivity contribution is -0.164. The van der Waals surface area contributed by atoms with Gasteiger partial charge in [-0.2, -0.15) is 0 Å². The van der Waals surface area contributed by atoms with Crippen molar-refractivity contribution in [2.45, 2.75) is 87.0 Å². The lowest BCUT2D eigenvalue weighted by atomic mass is 9.97. The number of rotatable bonds is 8. The third kappa shape index (κ3) is 9.13. The SMILES string of the molecule is CC(=O)O[C@@H](C)[C@H](C)OC(=O)[C@@H](N)Cc1ccc(OC(=O)C(C)(C)C)c(OC(=O)C(C)(C)C)c1. The highest BCUT2D eigenvalue weighted by Gasteiger charge is 2.29. The van der Waals surface area contributed by atoms with Crippen molar-refractivity contribution in [1.82, 2.24) is 0 Å². The number of esters is 4. The standard InChI is InChI=1S/C25H37NO8/c1-14(31-16(3)27)15(2)32-21(28)18(26)12-17-10-11-19(33-22(29)24(4,5)6)20(13-17)34-23(30)25(7,8)9/h10-11,13-15,18H,12,26H2,1-9H3/t14-,15-,18-/m0/s1. The van der Waals surface area contributed by atoms with Crippen molar-refractivity contribution in [2.75, 3.05) is 0 Å². The summed E-state index contributed by atoms with van der Waals surface area (Å²) in [6.45, 7) is 14.7. The molecular formula is C25H37NO8. The van der Waals surface area contributed by atoms with Crippen molar-refractivity contribution in [3.8, 4) is 11.5 Å². The lowest BCUT2D eigenvalue weighted by Gasteiger charge is -2.22. The molecule has 2 N–H and O–H groups in total. The molecule has 0 saturated carbocycles. The number of hydrogen-bond acceptors (Lipinski definition) is 9. The first-order chi connectivity index (χ1) is 15.4. The molecule has 0 spiro atoms. The van der Waals surface area contributed by atoms with Crippen molar-refractivity contribution in [3.05, 3.63) is 23.8 Å². The van der Waals surface area contributed by atoms with E-state index in [1.54, 1.807) is 61.5 Å². The summed E-state index contributed by atoms with van der Waals surface area (Å²) in [5, 5.41) is 0. The zero-order valence-electron chi connectivity index (χ0n) is 21.5. The molecule has 190 valence electrons. The van der Waals surface area contributed by atoms with E-state index in [1.807, 2.05) is 0 Å². The maximum atomic E-state index is 12.5. The topological polar surface area (TPSA) is 131 Å². The van der Waals surface area contributed by atoms with Crippen LogP contribution < -0.4 is 15.2 Å². The molecule has 0 fully saturated rings. The number of benzene rings is 1. The lowest BCUT2D eigenvalue weighted by Crippen LogP contribution is -2.39. The summed E-state index contributed by atoms with van der Waals surface area (Å²) in [7, 11) is 0. The van der Waals surface area contributed by atoms with E-state index < -0.39 is 53.0 Å². The molecule has 0 aromatic heterocycles. The molecule has 0 saturated heterocycles. The molecule has 0 aliphatic carbocycles. The van der Waals surface area contributed by atoms with Crippen molar-refractivity contribution >= 4 is 23.9 Å². The van der Waals surface area contributed by atoms with Gasteiger partial charge in [-0.25, -0.2) is 0 Å². The van der Waals surface area contributed by atoms with Gasteiger partial charge in [-0.05, 0) is 79.5 Å². The first kappa shape index (κ1) is 29.1. The molecule has 1 aromatic rings. The molecule has 1 rings (SSSR count). The van der Waals surface area contributed by atoms with E-state index in [9.17, 15) is 19.2 Å². The van der Waals surface area contributed by atoms with E-state index in [4.69, 9.17) is 24.7 Å². The number of nitrogens with two attached hydrogens (primary N) is 1. The molecule has 0 aliphatic heterocycles. The molecular weight excluding hydrogens is 442 g/mol. The van der Waals surface area contributed by atoms with Gasteiger partial charge in [0.15, 0.2) is 11.5 Å². The zero-order valence-corrected chi connectivity index (χ0v) is 21.5. The van der Waals surface area contributed by atoms with Gasteiger partial charge in [-0.3, -0.25) is 19.2 Å². The summed E-state index contributed by atoms with van der Waals surface area (Å²) in [5.74, 6) is -2.04. The zero-order chi connectivity index (χ0) is 26.4. The van der Waals surface area contributed by atoms with Crippen LogP contribution in [0.3, 0.4) is 0 Å². The molecule has 9 heteroatoms. The van der Waals surface area contributed by atoms with Crippen LogP contribution in [0.4, 0.5) is 0 Å². The highest BCUT2D eigenvalue weighted by atomic mass is 16.6. The third-order valence-corrected chi connectivity index (χ3v) is 4.71. The Morgan fingerprint density at radius 2 is 1.29 bits per heavy atom. The normalized spacial score (nSPS) is 14.4. The van der Waals surface area contributed by atoms with E-state index in [2.05, 4.69) is 0 Å². The number of carbonyl (C=O) groups excluding carboxylic acids is 4. The summed E-state index contributed by atoms with van der Waals surface area (Å²) in [5.41, 5.74) is 5.02. The van der Waals surface area contributed by atoms with Gasteiger partial charge in [-0.15, -0.1) is 0 Å². The van der Waals surface area contributed by atoms with E-state index in [0.29, 0.717) is 5.56 Å². The Bertz CT molecular complexity index is 910. The van der Waals surface area contributed by atoms with Crippen LogP contribution in [0.15, 0.2) is 18.2 Å². The summed E-state index contributed by atoms with van der Waals surface area (Å²) in [6.07, 6.45) is -1.25. The van der Waals surface area contributed by atoms with Gasteiger partial charge in [0, 0.05) is 6.92 Å². The fraction of sp³-hybridized carbons (Fsp3) is 0.600. The average molecular weight is 480 g/mol. The highest BCUT2D eigenvalue weighted by molar-refractivity contribution is 5.81. The first-order valence-corrected chi connectivity index (χ1v) is 11.1. The third-order valence-electron chi connectivity index (χ3n) is 4.71. The molecule has 9 nitrogen and oxygen atoms in total. The van der Waals surface area contributed by atoms with Crippen molar-refractivity contribution < 1.29 is 38.1 Å². The van der Waals surface area contributed by atoms with E-state index in [0.717, 1.165) is 0 Å². The Morgan fingerprint density at radius 3 is 1.76 bits per heavy atom.